The molecule has 2 aromatic heterocycles. The van der Waals surface area contributed by atoms with E-state index in [0.29, 0.717) is 0 Å². The molecule has 0 atom stereocenters. The largest absolute Gasteiger partial charge is 0.367 e. The highest BCUT2D eigenvalue weighted by atomic mass is 32.1. The van der Waals surface area contributed by atoms with Crippen molar-refractivity contribution in [2.45, 2.75) is 13.3 Å². The highest BCUT2D eigenvalue weighted by molar-refractivity contribution is 6.99. The molecule has 0 amide bonds. The van der Waals surface area contributed by atoms with E-state index in [1.165, 1.54) is 11.7 Å². The van der Waals surface area contributed by atoms with Crippen LogP contribution in [0.3, 0.4) is 0 Å². The van der Waals surface area contributed by atoms with Crippen LogP contribution in [0.4, 0.5) is 11.6 Å². The molecule has 18 heavy (non-hydrogen) atoms. The van der Waals surface area contributed by atoms with Crippen LogP contribution in [0.1, 0.15) is 13.3 Å². The standard InChI is InChI=1S/C12H17N5S/c1-4-7-13-12-11(15-18-16-12)9-5-6-10(14-8-9)17(2)3/h5-6,8H,4,7H2,1-3H3,(H,13,16). The number of anilines is 2. The number of hydrogen-bond acceptors (Lipinski definition) is 6. The van der Waals surface area contributed by atoms with Crippen molar-refractivity contribution in [2.75, 3.05) is 30.9 Å². The minimum atomic E-state index is 0.848. The second kappa shape index (κ2) is 5.77. The molecule has 6 heteroatoms. The Bertz CT molecular complexity index is 491. The zero-order chi connectivity index (χ0) is 13.0. The van der Waals surface area contributed by atoms with Gasteiger partial charge in [0.25, 0.3) is 0 Å². The SMILES string of the molecule is CCCNc1nsnc1-c1ccc(N(C)C)nc1. The number of pyridine rings is 1. The molecule has 0 aliphatic rings. The summed E-state index contributed by atoms with van der Waals surface area (Å²) < 4.78 is 8.60. The molecule has 0 radical (unpaired) electrons. The van der Waals surface area contributed by atoms with Gasteiger partial charge in [0.2, 0.25) is 0 Å². The van der Waals surface area contributed by atoms with Gasteiger partial charge in [0.1, 0.15) is 11.5 Å². The topological polar surface area (TPSA) is 53.9 Å². The van der Waals surface area contributed by atoms with Crippen LogP contribution in [0.25, 0.3) is 11.3 Å². The molecule has 0 saturated carbocycles. The zero-order valence-corrected chi connectivity index (χ0v) is 11.7. The molecule has 0 aromatic carbocycles. The van der Waals surface area contributed by atoms with Gasteiger partial charge in [-0.05, 0) is 18.6 Å². The Kier molecular flexibility index (Phi) is 4.09. The highest BCUT2D eigenvalue weighted by Gasteiger charge is 2.10. The van der Waals surface area contributed by atoms with Gasteiger partial charge in [0.15, 0.2) is 5.82 Å². The van der Waals surface area contributed by atoms with Gasteiger partial charge in [-0.15, -0.1) is 0 Å². The summed E-state index contributed by atoms with van der Waals surface area (Å²) in [5.74, 6) is 1.78. The number of nitrogens with one attached hydrogen (secondary N) is 1. The van der Waals surface area contributed by atoms with Crippen molar-refractivity contribution in [2.24, 2.45) is 0 Å². The lowest BCUT2D eigenvalue weighted by atomic mass is 10.2. The summed E-state index contributed by atoms with van der Waals surface area (Å²) in [5, 5.41) is 3.28. The van der Waals surface area contributed by atoms with E-state index in [-0.39, 0.29) is 0 Å². The summed E-state index contributed by atoms with van der Waals surface area (Å²) in [7, 11) is 3.95. The third-order valence-electron chi connectivity index (χ3n) is 2.51. The molecule has 2 rings (SSSR count). The van der Waals surface area contributed by atoms with Crippen molar-refractivity contribution < 1.29 is 0 Å². The number of rotatable bonds is 5. The minimum Gasteiger partial charge on any atom is -0.367 e. The van der Waals surface area contributed by atoms with Gasteiger partial charge in [-0.25, -0.2) is 4.98 Å². The van der Waals surface area contributed by atoms with E-state index in [4.69, 9.17) is 0 Å². The Labute approximate surface area is 111 Å². The Morgan fingerprint density at radius 3 is 2.72 bits per heavy atom. The fraction of sp³-hybridized carbons (Fsp3) is 0.417. The van der Waals surface area contributed by atoms with E-state index in [0.717, 1.165) is 35.9 Å². The van der Waals surface area contributed by atoms with Crippen molar-refractivity contribution in [3.05, 3.63) is 18.3 Å². The lowest BCUT2D eigenvalue weighted by molar-refractivity contribution is 0.974. The second-order valence-corrected chi connectivity index (χ2v) is 4.72. The first-order valence-corrected chi connectivity index (χ1v) is 6.65. The molecular formula is C12H17N5S. The van der Waals surface area contributed by atoms with E-state index in [2.05, 4.69) is 26.0 Å². The maximum Gasteiger partial charge on any atom is 0.168 e. The molecule has 0 unspecified atom stereocenters. The molecular weight excluding hydrogens is 246 g/mol. The third kappa shape index (κ3) is 2.76. The maximum absolute atomic E-state index is 4.39. The smallest absolute Gasteiger partial charge is 0.168 e. The average Bonchev–Trinajstić information content (AvgIpc) is 2.84. The van der Waals surface area contributed by atoms with E-state index < -0.39 is 0 Å². The Balaban J connectivity index is 2.23. The van der Waals surface area contributed by atoms with Gasteiger partial charge in [0.05, 0.1) is 11.7 Å². The molecule has 0 spiro atoms. The molecule has 0 aliphatic heterocycles. The van der Waals surface area contributed by atoms with Gasteiger partial charge in [-0.2, -0.15) is 8.75 Å². The summed E-state index contributed by atoms with van der Waals surface area (Å²) >= 11 is 1.22. The number of hydrogen-bond donors (Lipinski definition) is 1. The van der Waals surface area contributed by atoms with Crippen molar-refractivity contribution in [3.8, 4) is 11.3 Å². The van der Waals surface area contributed by atoms with E-state index in [9.17, 15) is 0 Å². The first-order chi connectivity index (χ1) is 8.72. The lowest BCUT2D eigenvalue weighted by Gasteiger charge is -2.11. The molecule has 5 nitrogen and oxygen atoms in total. The van der Waals surface area contributed by atoms with Crippen LogP contribution in [0, 0.1) is 0 Å². The summed E-state index contributed by atoms with van der Waals surface area (Å²) in [6, 6.07) is 4.01. The van der Waals surface area contributed by atoms with Crippen LogP contribution in [0.2, 0.25) is 0 Å². The minimum absolute atomic E-state index is 0.848. The molecule has 0 bridgehead atoms. The molecule has 2 aromatic rings. The second-order valence-electron chi connectivity index (χ2n) is 4.19. The molecule has 0 fully saturated rings. The summed E-state index contributed by atoms with van der Waals surface area (Å²) in [5.41, 5.74) is 1.87. The Morgan fingerprint density at radius 2 is 2.11 bits per heavy atom. The van der Waals surface area contributed by atoms with Gasteiger partial charge in [-0.1, -0.05) is 6.92 Å². The molecule has 96 valence electrons. The van der Waals surface area contributed by atoms with Gasteiger partial charge >= 0.3 is 0 Å². The molecule has 1 N–H and O–H groups in total. The fourth-order valence-corrected chi connectivity index (χ4v) is 2.08. The first kappa shape index (κ1) is 12.8. The fourth-order valence-electron chi connectivity index (χ4n) is 1.53. The first-order valence-electron chi connectivity index (χ1n) is 5.92. The van der Waals surface area contributed by atoms with E-state index in [1.807, 2.05) is 37.3 Å². The van der Waals surface area contributed by atoms with Gasteiger partial charge in [0, 0.05) is 32.4 Å². The predicted molar refractivity (Wildman–Crippen MR) is 76.2 cm³/mol. The lowest BCUT2D eigenvalue weighted by Crippen LogP contribution is -2.10. The van der Waals surface area contributed by atoms with Crippen LogP contribution in [0.15, 0.2) is 18.3 Å². The third-order valence-corrected chi connectivity index (χ3v) is 3.04. The number of aromatic nitrogens is 3. The van der Waals surface area contributed by atoms with Crippen molar-refractivity contribution in [1.82, 2.24) is 13.7 Å². The zero-order valence-electron chi connectivity index (χ0n) is 10.8. The maximum atomic E-state index is 4.39. The van der Waals surface area contributed by atoms with E-state index >= 15 is 0 Å². The van der Waals surface area contributed by atoms with Crippen LogP contribution in [0.5, 0.6) is 0 Å². The highest BCUT2D eigenvalue weighted by Crippen LogP contribution is 2.26. The molecule has 0 saturated heterocycles. The Morgan fingerprint density at radius 1 is 1.28 bits per heavy atom. The Hall–Kier alpha value is -1.69. The number of nitrogens with zero attached hydrogens (tertiary/aromatic N) is 4. The summed E-state index contributed by atoms with van der Waals surface area (Å²) in [6.07, 6.45) is 2.90. The van der Waals surface area contributed by atoms with Gasteiger partial charge in [-0.3, -0.25) is 0 Å². The summed E-state index contributed by atoms with van der Waals surface area (Å²) in [4.78, 5) is 6.36. The van der Waals surface area contributed by atoms with Crippen LogP contribution < -0.4 is 10.2 Å². The average molecular weight is 263 g/mol. The van der Waals surface area contributed by atoms with E-state index in [1.54, 1.807) is 0 Å². The van der Waals surface area contributed by atoms with Gasteiger partial charge < -0.3 is 10.2 Å². The van der Waals surface area contributed by atoms with Crippen LogP contribution in [-0.4, -0.2) is 34.4 Å². The van der Waals surface area contributed by atoms with Crippen LogP contribution in [-0.2, 0) is 0 Å². The summed E-state index contributed by atoms with van der Waals surface area (Å²) in [6.45, 7) is 3.03. The predicted octanol–water partition coefficient (Wildman–Crippen LogP) is 2.49. The molecule has 0 aliphatic carbocycles. The van der Waals surface area contributed by atoms with Crippen molar-refractivity contribution >= 4 is 23.4 Å². The van der Waals surface area contributed by atoms with Crippen molar-refractivity contribution in [1.29, 1.82) is 0 Å². The molecule has 2 heterocycles. The van der Waals surface area contributed by atoms with Crippen molar-refractivity contribution in [3.63, 3.8) is 0 Å². The van der Waals surface area contributed by atoms with Crippen LogP contribution >= 0.6 is 11.7 Å². The monoisotopic (exact) mass is 263 g/mol. The normalized spacial score (nSPS) is 10.4. The quantitative estimate of drug-likeness (QED) is 0.898.